The van der Waals surface area contributed by atoms with Gasteiger partial charge in [0.2, 0.25) is 5.88 Å². The second-order valence-electron chi connectivity index (χ2n) is 11.3. The molecule has 1 aliphatic carbocycles. The van der Waals surface area contributed by atoms with Crippen LogP contribution in [0.15, 0.2) is 54.7 Å². The van der Waals surface area contributed by atoms with Crippen LogP contribution in [0.3, 0.4) is 0 Å². The molecule has 0 spiro atoms. The minimum absolute atomic E-state index is 0.0130. The van der Waals surface area contributed by atoms with Crippen molar-refractivity contribution in [2.75, 3.05) is 40.4 Å². The Morgan fingerprint density at radius 1 is 1.12 bits per heavy atom. The highest BCUT2D eigenvalue weighted by Gasteiger charge is 2.26. The number of amides is 1. The maximum absolute atomic E-state index is 14.5. The van der Waals surface area contributed by atoms with Gasteiger partial charge in [-0.05, 0) is 57.0 Å². The van der Waals surface area contributed by atoms with Crippen molar-refractivity contribution in [3.63, 3.8) is 0 Å². The van der Waals surface area contributed by atoms with Gasteiger partial charge in [-0.15, -0.1) is 0 Å². The third kappa shape index (κ3) is 7.48. The van der Waals surface area contributed by atoms with E-state index in [1.807, 2.05) is 32.3 Å². The summed E-state index contributed by atoms with van der Waals surface area (Å²) in [6.07, 6.45) is 4.38. The molecule has 1 aliphatic heterocycles. The molecule has 0 radical (unpaired) electrons. The predicted molar refractivity (Wildman–Crippen MR) is 157 cm³/mol. The topological polar surface area (TPSA) is 92.9 Å². The van der Waals surface area contributed by atoms with Crippen LogP contribution in [-0.4, -0.2) is 73.2 Å². The molecule has 5 rings (SSSR count). The number of rotatable bonds is 9. The minimum atomic E-state index is -0.590. The number of hydrogen-bond acceptors (Lipinski definition) is 7. The Labute approximate surface area is 241 Å². The summed E-state index contributed by atoms with van der Waals surface area (Å²) in [4.78, 5) is 22.2. The third-order valence-corrected chi connectivity index (χ3v) is 7.77. The first-order valence-corrected chi connectivity index (χ1v) is 14.4. The molecule has 3 N–H and O–H groups in total. The van der Waals surface area contributed by atoms with E-state index in [0.29, 0.717) is 32.1 Å². The highest BCUT2D eigenvalue weighted by Crippen LogP contribution is 2.38. The van der Waals surface area contributed by atoms with Crippen molar-refractivity contribution in [3.8, 4) is 22.8 Å². The van der Waals surface area contributed by atoms with E-state index in [-0.39, 0.29) is 23.5 Å². The highest BCUT2D eigenvalue weighted by molar-refractivity contribution is 5.96. The zero-order valence-corrected chi connectivity index (χ0v) is 23.9. The monoisotopic (exact) mass is 561 g/mol. The van der Waals surface area contributed by atoms with Crippen molar-refractivity contribution in [2.45, 2.75) is 50.9 Å². The molecule has 0 bridgehead atoms. The lowest BCUT2D eigenvalue weighted by molar-refractivity contribution is 0.0340. The number of benzene rings is 2. The molecule has 3 aromatic rings. The molecule has 8 nitrogen and oxygen atoms in total. The Morgan fingerprint density at radius 3 is 2.56 bits per heavy atom. The van der Waals surface area contributed by atoms with Gasteiger partial charge in [-0.3, -0.25) is 9.69 Å². The molecule has 1 aromatic heterocycles. The third-order valence-electron chi connectivity index (χ3n) is 7.77. The number of carbonyl (C=O) groups excluding carboxylic acids is 1. The van der Waals surface area contributed by atoms with Gasteiger partial charge in [-0.25, -0.2) is 9.37 Å². The van der Waals surface area contributed by atoms with E-state index in [9.17, 15) is 9.18 Å². The Kier molecular flexibility index (Phi) is 9.61. The number of nitrogens with two attached hydrogens (primary N) is 1. The van der Waals surface area contributed by atoms with Gasteiger partial charge in [0.1, 0.15) is 17.1 Å². The fourth-order valence-corrected chi connectivity index (χ4v) is 5.59. The number of halogens is 1. The lowest BCUT2D eigenvalue weighted by atomic mass is 9.91. The molecular weight excluding hydrogens is 521 g/mol. The summed E-state index contributed by atoms with van der Waals surface area (Å²) in [5.41, 5.74) is 10.2. The van der Waals surface area contributed by atoms with E-state index < -0.39 is 11.7 Å². The molecule has 9 heteroatoms. The largest absolute Gasteiger partial charge is 0.437 e. The predicted octanol–water partition coefficient (Wildman–Crippen LogP) is 4.57. The summed E-state index contributed by atoms with van der Waals surface area (Å²) in [6.45, 7) is 4.20. The van der Waals surface area contributed by atoms with Crippen LogP contribution in [0.4, 0.5) is 4.39 Å². The maximum atomic E-state index is 14.5. The molecule has 2 aromatic carbocycles. The number of aromatic nitrogens is 1. The van der Waals surface area contributed by atoms with Crippen molar-refractivity contribution >= 4 is 5.91 Å². The summed E-state index contributed by atoms with van der Waals surface area (Å²) in [5.74, 6) is -0.253. The molecular formula is C32H40FN5O3. The van der Waals surface area contributed by atoms with Gasteiger partial charge in [0.05, 0.1) is 19.4 Å². The summed E-state index contributed by atoms with van der Waals surface area (Å²) < 4.78 is 26.7. The van der Waals surface area contributed by atoms with E-state index in [2.05, 4.69) is 44.4 Å². The summed E-state index contributed by atoms with van der Waals surface area (Å²) in [7, 11) is 4.00. The van der Waals surface area contributed by atoms with Crippen molar-refractivity contribution in [1.29, 1.82) is 0 Å². The average molecular weight is 562 g/mol. The van der Waals surface area contributed by atoms with Crippen LogP contribution in [-0.2, 0) is 17.8 Å². The van der Waals surface area contributed by atoms with Crippen molar-refractivity contribution in [1.82, 2.24) is 20.1 Å². The van der Waals surface area contributed by atoms with Gasteiger partial charge < -0.3 is 25.4 Å². The minimum Gasteiger partial charge on any atom is -0.437 e. The van der Waals surface area contributed by atoms with Crippen molar-refractivity contribution in [2.24, 2.45) is 5.73 Å². The number of nitrogens with zero attached hydrogens (tertiary/aromatic N) is 3. The number of nitrogens with one attached hydrogen (secondary N) is 1. The summed E-state index contributed by atoms with van der Waals surface area (Å²) in [5, 5.41) is 3.06. The molecule has 1 amide bonds. The number of carbonyl (C=O) groups is 1. The standard InChI is InChI=1S/C32H40FN5O3/c1-37(2)20-23-8-13-27(22-6-4-3-5-7-22)29(21-38-14-16-40-17-15-38)30(23)41-32-28(18-24(33)19-35-32)31(39)36-26-11-9-25(34)10-12-26/h3-8,13,18-19,25-26H,9-12,14-17,20-21,34H2,1-2H3,(H,36,39). The lowest BCUT2D eigenvalue weighted by Crippen LogP contribution is -2.40. The lowest BCUT2D eigenvalue weighted by Gasteiger charge is -2.29. The Hall–Kier alpha value is -3.37. The van der Waals surface area contributed by atoms with Gasteiger partial charge in [-0.1, -0.05) is 42.5 Å². The molecule has 2 aliphatic rings. The number of ether oxygens (including phenoxy) is 2. The van der Waals surface area contributed by atoms with Crippen LogP contribution >= 0.6 is 0 Å². The van der Waals surface area contributed by atoms with Crippen LogP contribution < -0.4 is 15.8 Å². The van der Waals surface area contributed by atoms with E-state index in [0.717, 1.165) is 67.2 Å². The Bertz CT molecular complexity index is 1320. The molecule has 0 unspecified atom stereocenters. The van der Waals surface area contributed by atoms with E-state index in [4.69, 9.17) is 15.2 Å². The average Bonchev–Trinajstić information content (AvgIpc) is 2.97. The second-order valence-corrected chi connectivity index (χ2v) is 11.3. The summed E-state index contributed by atoms with van der Waals surface area (Å²) >= 11 is 0. The van der Waals surface area contributed by atoms with Crippen LogP contribution in [0.2, 0.25) is 0 Å². The van der Waals surface area contributed by atoms with Gasteiger partial charge in [0.25, 0.3) is 5.91 Å². The molecule has 0 atom stereocenters. The molecule has 1 saturated carbocycles. The van der Waals surface area contributed by atoms with Crippen LogP contribution in [0.1, 0.15) is 47.2 Å². The smallest absolute Gasteiger partial charge is 0.257 e. The van der Waals surface area contributed by atoms with Crippen LogP contribution in [0.25, 0.3) is 11.1 Å². The SMILES string of the molecule is CN(C)Cc1ccc(-c2ccccc2)c(CN2CCOCC2)c1Oc1ncc(F)cc1C(=O)NC1CCC(N)CC1. The van der Waals surface area contributed by atoms with Gasteiger partial charge in [0.15, 0.2) is 0 Å². The van der Waals surface area contributed by atoms with E-state index in [1.165, 1.54) is 6.07 Å². The molecule has 218 valence electrons. The normalized spacial score (nSPS) is 19.7. The zero-order valence-electron chi connectivity index (χ0n) is 23.9. The number of morpholine rings is 1. The molecule has 2 heterocycles. The van der Waals surface area contributed by atoms with Crippen LogP contribution in [0, 0.1) is 5.82 Å². The zero-order chi connectivity index (χ0) is 28.8. The number of pyridine rings is 1. The fourth-order valence-electron chi connectivity index (χ4n) is 5.59. The first-order chi connectivity index (χ1) is 19.9. The van der Waals surface area contributed by atoms with E-state index in [1.54, 1.807) is 0 Å². The Balaban J connectivity index is 1.56. The first kappa shape index (κ1) is 29.1. The van der Waals surface area contributed by atoms with Gasteiger partial charge in [0, 0.05) is 49.4 Å². The molecule has 41 heavy (non-hydrogen) atoms. The first-order valence-electron chi connectivity index (χ1n) is 14.4. The quantitative estimate of drug-likeness (QED) is 0.395. The summed E-state index contributed by atoms with van der Waals surface area (Å²) in [6, 6.07) is 15.8. The highest BCUT2D eigenvalue weighted by atomic mass is 19.1. The van der Waals surface area contributed by atoms with Crippen LogP contribution in [0.5, 0.6) is 11.6 Å². The van der Waals surface area contributed by atoms with Gasteiger partial charge >= 0.3 is 0 Å². The maximum Gasteiger partial charge on any atom is 0.257 e. The number of hydrogen-bond donors (Lipinski definition) is 2. The van der Waals surface area contributed by atoms with Gasteiger partial charge in [-0.2, -0.15) is 0 Å². The van der Waals surface area contributed by atoms with Crippen molar-refractivity contribution in [3.05, 3.63) is 77.2 Å². The second kappa shape index (κ2) is 13.5. The van der Waals surface area contributed by atoms with E-state index >= 15 is 0 Å². The fraction of sp³-hybridized carbons (Fsp3) is 0.438. The van der Waals surface area contributed by atoms with Crippen molar-refractivity contribution < 1.29 is 18.7 Å². The molecule has 1 saturated heterocycles. The molecule has 2 fully saturated rings. The Morgan fingerprint density at radius 2 is 1.85 bits per heavy atom.